The summed E-state index contributed by atoms with van der Waals surface area (Å²) in [7, 11) is 1.45. The molecule has 0 radical (unpaired) electrons. The molecule has 1 heterocycles. The van der Waals surface area contributed by atoms with Crippen molar-refractivity contribution in [2.75, 3.05) is 25.6 Å². The Morgan fingerprint density at radius 3 is 2.08 bits per heavy atom. The van der Waals surface area contributed by atoms with Crippen LogP contribution >= 0.6 is 58.0 Å². The number of nitrogens with zero attached hydrogens (tertiary/aromatic N) is 1. The Labute approximate surface area is 231 Å². The zero-order valence-electron chi connectivity index (χ0n) is 18.8. The first-order valence-electron chi connectivity index (χ1n) is 10.6. The lowest BCUT2D eigenvalue weighted by molar-refractivity contribution is -0.147. The Morgan fingerprint density at radius 1 is 0.889 bits per heavy atom. The summed E-state index contributed by atoms with van der Waals surface area (Å²) in [6.07, 6.45) is 1.41. The number of unbranched alkanes of at least 4 members (excludes halogenated alkanes) is 2. The molecule has 2 aromatic rings. The van der Waals surface area contributed by atoms with Crippen molar-refractivity contribution in [3.63, 3.8) is 0 Å². The predicted molar refractivity (Wildman–Crippen MR) is 138 cm³/mol. The number of amides is 3. The van der Waals surface area contributed by atoms with Gasteiger partial charge in [0.25, 0.3) is 17.7 Å². The van der Waals surface area contributed by atoms with Crippen LogP contribution < -0.4 is 10.1 Å². The number of imide groups is 1. The Hall–Kier alpha value is -2.23. The van der Waals surface area contributed by atoms with E-state index in [-0.39, 0.29) is 44.2 Å². The molecule has 192 valence electrons. The molecule has 0 aromatic heterocycles. The molecule has 0 unspecified atom stereocenters. The second-order valence-electron chi connectivity index (χ2n) is 7.63. The monoisotopic (exact) mass is 594 g/mol. The van der Waals surface area contributed by atoms with Crippen molar-refractivity contribution in [2.24, 2.45) is 0 Å². The van der Waals surface area contributed by atoms with Gasteiger partial charge >= 0.3 is 5.97 Å². The number of halogens is 5. The number of hydrogen-bond acceptors (Lipinski definition) is 6. The van der Waals surface area contributed by atoms with Gasteiger partial charge in [-0.2, -0.15) is 0 Å². The van der Waals surface area contributed by atoms with Crippen LogP contribution in [0.5, 0.6) is 5.75 Å². The van der Waals surface area contributed by atoms with Crippen molar-refractivity contribution in [3.8, 4) is 5.75 Å². The topological polar surface area (TPSA) is 102 Å². The number of hydrogen-bond donors (Lipinski definition) is 1. The van der Waals surface area contributed by atoms with Crippen molar-refractivity contribution in [1.82, 2.24) is 4.90 Å². The van der Waals surface area contributed by atoms with Gasteiger partial charge in [-0.25, -0.2) is 0 Å². The van der Waals surface area contributed by atoms with E-state index in [1.54, 1.807) is 12.1 Å². The predicted octanol–water partition coefficient (Wildman–Crippen LogP) is 6.30. The zero-order valence-corrected chi connectivity index (χ0v) is 22.5. The van der Waals surface area contributed by atoms with Crippen LogP contribution in [-0.2, 0) is 14.3 Å². The Kier molecular flexibility index (Phi) is 9.72. The zero-order chi connectivity index (χ0) is 26.6. The summed E-state index contributed by atoms with van der Waals surface area (Å²) in [5.41, 5.74) is 0.211. The smallest absolute Gasteiger partial charge is 0.306 e. The highest BCUT2D eigenvalue weighted by Gasteiger charge is 2.41. The maximum absolute atomic E-state index is 12.7. The molecule has 0 fully saturated rings. The van der Waals surface area contributed by atoms with Gasteiger partial charge in [-0.1, -0.05) is 64.4 Å². The first-order valence-corrected chi connectivity index (χ1v) is 12.5. The molecule has 0 bridgehead atoms. The van der Waals surface area contributed by atoms with Crippen LogP contribution in [-0.4, -0.2) is 48.9 Å². The number of nitrogens with one attached hydrogen (secondary N) is 1. The average molecular weight is 597 g/mol. The first-order chi connectivity index (χ1) is 17.1. The lowest BCUT2D eigenvalue weighted by Gasteiger charge is -2.13. The van der Waals surface area contributed by atoms with Crippen molar-refractivity contribution < 1.29 is 28.7 Å². The van der Waals surface area contributed by atoms with Crippen LogP contribution in [0.2, 0.25) is 25.1 Å². The van der Waals surface area contributed by atoms with E-state index in [1.165, 1.54) is 13.2 Å². The molecule has 36 heavy (non-hydrogen) atoms. The summed E-state index contributed by atoms with van der Waals surface area (Å²) in [5, 5.41) is 2.54. The lowest BCUT2D eigenvalue weighted by Crippen LogP contribution is -2.30. The third kappa shape index (κ3) is 6.18. The number of rotatable bonds is 10. The van der Waals surface area contributed by atoms with Gasteiger partial charge in [-0.15, -0.1) is 0 Å². The summed E-state index contributed by atoms with van der Waals surface area (Å²) in [6, 6.07) is 4.72. The molecule has 2 aromatic carbocycles. The quantitative estimate of drug-likeness (QED) is 0.114. The summed E-state index contributed by atoms with van der Waals surface area (Å²) >= 11 is 30.1. The van der Waals surface area contributed by atoms with Crippen LogP contribution in [0.4, 0.5) is 5.69 Å². The van der Waals surface area contributed by atoms with Crippen LogP contribution in [0.25, 0.3) is 0 Å². The minimum Gasteiger partial charge on any atom is -0.495 e. The number of methoxy groups -OCH3 is 1. The molecule has 8 nitrogen and oxygen atoms in total. The molecular weight excluding hydrogens is 578 g/mol. The number of ether oxygens (including phenoxy) is 2. The second-order valence-corrected chi connectivity index (χ2v) is 9.58. The van der Waals surface area contributed by atoms with Crippen molar-refractivity contribution >= 4 is 87.4 Å². The minimum absolute atomic E-state index is 0.0543. The van der Waals surface area contributed by atoms with E-state index in [2.05, 4.69) is 5.32 Å². The van der Waals surface area contributed by atoms with Gasteiger partial charge in [0, 0.05) is 18.0 Å². The van der Waals surface area contributed by atoms with Crippen LogP contribution in [0.15, 0.2) is 18.2 Å². The third-order valence-corrected chi connectivity index (χ3v) is 7.28. The van der Waals surface area contributed by atoms with Crippen LogP contribution in [0.1, 0.15) is 46.4 Å². The third-order valence-electron chi connectivity index (χ3n) is 5.25. The summed E-state index contributed by atoms with van der Waals surface area (Å²) in [6.45, 7) is -0.386. The van der Waals surface area contributed by atoms with Crippen LogP contribution in [0.3, 0.4) is 0 Å². The molecule has 3 rings (SSSR count). The first kappa shape index (κ1) is 28.3. The van der Waals surface area contributed by atoms with Gasteiger partial charge < -0.3 is 14.8 Å². The highest BCUT2D eigenvalue weighted by Crippen LogP contribution is 2.44. The molecule has 0 spiro atoms. The Bertz CT molecular complexity index is 1190. The van der Waals surface area contributed by atoms with Crippen molar-refractivity contribution in [2.45, 2.75) is 25.7 Å². The molecule has 0 saturated carbocycles. The van der Waals surface area contributed by atoms with E-state index in [4.69, 9.17) is 67.5 Å². The number of fused-ring (bicyclic) bond motifs is 1. The number of carbonyl (C=O) groups is 4. The number of carbonyl (C=O) groups excluding carboxylic acids is 4. The molecular formula is C23H19Cl5N2O6. The largest absolute Gasteiger partial charge is 0.495 e. The van der Waals surface area contributed by atoms with E-state index < -0.39 is 30.3 Å². The molecule has 0 saturated heterocycles. The fraction of sp³-hybridized carbons (Fsp3) is 0.304. The lowest BCUT2D eigenvalue weighted by atomic mass is 10.1. The average Bonchev–Trinajstić information content (AvgIpc) is 3.09. The second kappa shape index (κ2) is 12.3. The van der Waals surface area contributed by atoms with Gasteiger partial charge in [0.15, 0.2) is 6.61 Å². The summed E-state index contributed by atoms with van der Waals surface area (Å²) < 4.78 is 10.1. The number of esters is 1. The maximum Gasteiger partial charge on any atom is 0.306 e. The SMILES string of the molecule is COc1ccc(Cl)cc1NC(=O)COC(=O)CCCCCN1C(=O)c2c(Cl)c(Cl)c(Cl)c(Cl)c2C1=O. The molecule has 1 aliphatic rings. The van der Waals surface area contributed by atoms with Gasteiger partial charge in [-0.05, 0) is 31.0 Å². The van der Waals surface area contributed by atoms with Crippen LogP contribution in [0, 0.1) is 0 Å². The van der Waals surface area contributed by atoms with Gasteiger partial charge in [0.2, 0.25) is 0 Å². The molecule has 1 N–H and O–H groups in total. The van der Waals surface area contributed by atoms with Crippen molar-refractivity contribution in [3.05, 3.63) is 54.4 Å². The van der Waals surface area contributed by atoms with Gasteiger partial charge in [-0.3, -0.25) is 24.1 Å². The molecule has 13 heteroatoms. The summed E-state index contributed by atoms with van der Waals surface area (Å²) in [4.78, 5) is 50.4. The van der Waals surface area contributed by atoms with E-state index >= 15 is 0 Å². The maximum atomic E-state index is 12.7. The molecule has 0 atom stereocenters. The standard InChI is InChI=1S/C23H19Cl5N2O6/c1-35-13-7-6-11(24)9-12(13)29-14(31)10-36-15(32)5-3-2-4-8-30-22(33)16-17(23(30)34)19(26)21(28)20(27)18(16)25/h6-7,9H,2-5,8,10H2,1H3,(H,29,31). The normalized spacial score (nSPS) is 12.6. The van der Waals surface area contributed by atoms with E-state index in [1.807, 2.05) is 0 Å². The summed E-state index contributed by atoms with van der Waals surface area (Å²) in [5.74, 6) is -1.92. The molecule has 1 aliphatic heterocycles. The fourth-order valence-electron chi connectivity index (χ4n) is 3.50. The van der Waals surface area contributed by atoms with E-state index in [9.17, 15) is 19.2 Å². The van der Waals surface area contributed by atoms with Crippen molar-refractivity contribution in [1.29, 1.82) is 0 Å². The van der Waals surface area contributed by atoms with E-state index in [0.29, 0.717) is 35.7 Å². The fourth-order valence-corrected chi connectivity index (χ4v) is 4.68. The number of anilines is 1. The van der Waals surface area contributed by atoms with Gasteiger partial charge in [0.05, 0.1) is 44.0 Å². The highest BCUT2D eigenvalue weighted by atomic mass is 35.5. The molecule has 3 amide bonds. The van der Waals surface area contributed by atoms with E-state index in [0.717, 1.165) is 4.90 Å². The number of benzene rings is 2. The highest BCUT2D eigenvalue weighted by molar-refractivity contribution is 6.55. The van der Waals surface area contributed by atoms with Gasteiger partial charge in [0.1, 0.15) is 5.75 Å². The molecule has 0 aliphatic carbocycles. The Morgan fingerprint density at radius 2 is 1.50 bits per heavy atom. The Balaban J connectivity index is 1.41. The minimum atomic E-state index is -0.609.